The molecule has 0 unspecified atom stereocenters. The molecule has 0 amide bonds. The van der Waals surface area contributed by atoms with Gasteiger partial charge in [-0.05, 0) is 71.6 Å². The molecule has 0 heterocycles. The van der Waals surface area contributed by atoms with Crippen LogP contribution in [0.5, 0.6) is 0 Å². The molecule has 3 N–H and O–H groups in total. The fourth-order valence-corrected chi connectivity index (χ4v) is 4.46. The van der Waals surface area contributed by atoms with Crippen LogP contribution in [0, 0.1) is 20.8 Å². The minimum absolute atomic E-state index is 0.231. The van der Waals surface area contributed by atoms with Crippen molar-refractivity contribution in [2.24, 2.45) is 0 Å². The Bertz CT molecular complexity index is 802. The van der Waals surface area contributed by atoms with Crippen LogP contribution in [0.2, 0.25) is 0 Å². The number of nitrogens with one attached hydrogen (secondary N) is 1. The minimum Gasteiger partial charge on any atom is -0.398 e. The van der Waals surface area contributed by atoms with Crippen LogP contribution in [-0.2, 0) is 10.0 Å². The second kappa shape index (κ2) is 5.69. The van der Waals surface area contributed by atoms with Gasteiger partial charge in [-0.15, -0.1) is 0 Å². The Morgan fingerprint density at radius 3 is 2.38 bits per heavy atom. The molecule has 0 saturated heterocycles. The molecule has 2 rings (SSSR count). The number of halogens is 1. The van der Waals surface area contributed by atoms with Crippen molar-refractivity contribution in [1.82, 2.24) is 0 Å². The SMILES string of the molecule is Cc1ccc(NS(=O)(=O)c2c(C)ccc(N)c2C)c(Br)c1. The topological polar surface area (TPSA) is 72.2 Å². The molecule has 6 heteroatoms. The highest BCUT2D eigenvalue weighted by atomic mass is 79.9. The zero-order valence-corrected chi connectivity index (χ0v) is 14.5. The summed E-state index contributed by atoms with van der Waals surface area (Å²) in [4.78, 5) is 0.231. The first-order valence-corrected chi connectivity index (χ1v) is 8.64. The van der Waals surface area contributed by atoms with E-state index in [-0.39, 0.29) is 4.90 Å². The zero-order valence-electron chi connectivity index (χ0n) is 12.1. The summed E-state index contributed by atoms with van der Waals surface area (Å²) in [6.45, 7) is 5.40. The first kappa shape index (κ1) is 15.9. The van der Waals surface area contributed by atoms with Crippen LogP contribution in [0.15, 0.2) is 39.7 Å². The third kappa shape index (κ3) is 3.22. The number of benzene rings is 2. The van der Waals surface area contributed by atoms with E-state index in [1.165, 1.54) is 0 Å². The van der Waals surface area contributed by atoms with Gasteiger partial charge in [-0.3, -0.25) is 4.72 Å². The molecule has 0 spiro atoms. The van der Waals surface area contributed by atoms with Gasteiger partial charge in [0.25, 0.3) is 10.0 Å². The lowest BCUT2D eigenvalue weighted by Gasteiger charge is -2.15. The normalized spacial score (nSPS) is 11.4. The van der Waals surface area contributed by atoms with Crippen molar-refractivity contribution >= 4 is 37.3 Å². The van der Waals surface area contributed by atoms with Crippen LogP contribution in [0.4, 0.5) is 11.4 Å². The van der Waals surface area contributed by atoms with Crippen molar-refractivity contribution in [1.29, 1.82) is 0 Å². The van der Waals surface area contributed by atoms with Crippen LogP contribution in [0.1, 0.15) is 16.7 Å². The summed E-state index contributed by atoms with van der Waals surface area (Å²) in [5, 5.41) is 0. The largest absolute Gasteiger partial charge is 0.398 e. The molecule has 112 valence electrons. The third-order valence-electron chi connectivity index (χ3n) is 3.28. The first-order valence-electron chi connectivity index (χ1n) is 6.37. The van der Waals surface area contributed by atoms with Gasteiger partial charge < -0.3 is 5.73 Å². The molecular weight excluding hydrogens is 352 g/mol. The van der Waals surface area contributed by atoms with Crippen LogP contribution >= 0.6 is 15.9 Å². The van der Waals surface area contributed by atoms with Gasteiger partial charge >= 0.3 is 0 Å². The highest BCUT2D eigenvalue weighted by molar-refractivity contribution is 9.10. The molecule has 0 aliphatic heterocycles. The number of nitrogens with two attached hydrogens (primary N) is 1. The van der Waals surface area contributed by atoms with Gasteiger partial charge in [0.05, 0.1) is 10.6 Å². The van der Waals surface area contributed by atoms with Gasteiger partial charge in [0, 0.05) is 10.2 Å². The smallest absolute Gasteiger partial charge is 0.262 e. The Hall–Kier alpha value is -1.53. The second-order valence-electron chi connectivity index (χ2n) is 5.01. The maximum absolute atomic E-state index is 12.6. The van der Waals surface area contributed by atoms with Crippen molar-refractivity contribution in [3.63, 3.8) is 0 Å². The molecule has 0 aliphatic rings. The fraction of sp³-hybridized carbons (Fsp3) is 0.200. The van der Waals surface area contributed by atoms with Gasteiger partial charge in [0.2, 0.25) is 0 Å². The summed E-state index contributed by atoms with van der Waals surface area (Å²) < 4.78 is 28.6. The molecule has 0 aromatic heterocycles. The number of hydrogen-bond donors (Lipinski definition) is 2. The summed E-state index contributed by atoms with van der Waals surface area (Å²) in [5.41, 5.74) is 9.06. The standard InChI is InChI=1S/C15H17BrN2O2S/c1-9-4-7-14(12(16)8-9)18-21(19,20)15-10(2)5-6-13(17)11(15)3/h4-8,18H,17H2,1-3H3. The molecule has 21 heavy (non-hydrogen) atoms. The van der Waals surface area contributed by atoms with Crippen LogP contribution in [-0.4, -0.2) is 8.42 Å². The molecule has 0 atom stereocenters. The number of hydrogen-bond acceptors (Lipinski definition) is 3. The van der Waals surface area contributed by atoms with Crippen molar-refractivity contribution in [2.75, 3.05) is 10.5 Å². The maximum Gasteiger partial charge on any atom is 0.262 e. The molecule has 0 aliphatic carbocycles. The van der Waals surface area contributed by atoms with Gasteiger partial charge in [0.1, 0.15) is 0 Å². The molecule has 0 radical (unpaired) electrons. The molecule has 2 aromatic carbocycles. The molecular formula is C15H17BrN2O2S. The lowest BCUT2D eigenvalue weighted by molar-refractivity contribution is 0.600. The van der Waals surface area contributed by atoms with E-state index in [1.807, 2.05) is 19.1 Å². The molecule has 0 fully saturated rings. The average Bonchev–Trinajstić information content (AvgIpc) is 2.37. The van der Waals surface area contributed by atoms with Crippen LogP contribution < -0.4 is 10.5 Å². The number of aryl methyl sites for hydroxylation is 2. The van der Waals surface area contributed by atoms with Crippen molar-refractivity contribution < 1.29 is 8.42 Å². The number of anilines is 2. The van der Waals surface area contributed by atoms with E-state index in [9.17, 15) is 8.42 Å². The molecule has 4 nitrogen and oxygen atoms in total. The fourth-order valence-electron chi connectivity index (χ4n) is 2.15. The second-order valence-corrected chi connectivity index (χ2v) is 7.49. The van der Waals surface area contributed by atoms with E-state index in [4.69, 9.17) is 5.73 Å². The Morgan fingerprint density at radius 2 is 1.76 bits per heavy atom. The third-order valence-corrected chi connectivity index (χ3v) is 5.59. The zero-order chi connectivity index (χ0) is 15.8. The van der Waals surface area contributed by atoms with Gasteiger partial charge in [-0.25, -0.2) is 8.42 Å². The Labute approximate surface area is 133 Å². The van der Waals surface area contributed by atoms with Gasteiger partial charge in [-0.1, -0.05) is 12.1 Å². The van der Waals surface area contributed by atoms with Crippen LogP contribution in [0.3, 0.4) is 0 Å². The van der Waals surface area contributed by atoms with E-state index in [1.54, 1.807) is 32.0 Å². The predicted octanol–water partition coefficient (Wildman–Crippen LogP) is 3.76. The van der Waals surface area contributed by atoms with Gasteiger partial charge in [0.15, 0.2) is 0 Å². The van der Waals surface area contributed by atoms with E-state index in [0.29, 0.717) is 27.0 Å². The summed E-state index contributed by atoms with van der Waals surface area (Å²) >= 11 is 3.37. The average molecular weight is 369 g/mol. The monoisotopic (exact) mass is 368 g/mol. The predicted molar refractivity (Wildman–Crippen MR) is 90.0 cm³/mol. The highest BCUT2D eigenvalue weighted by Crippen LogP contribution is 2.30. The quantitative estimate of drug-likeness (QED) is 0.810. The highest BCUT2D eigenvalue weighted by Gasteiger charge is 2.21. The summed E-state index contributed by atoms with van der Waals surface area (Å²) in [5.74, 6) is 0. The number of rotatable bonds is 3. The summed E-state index contributed by atoms with van der Waals surface area (Å²) in [6.07, 6.45) is 0. The number of nitrogen functional groups attached to an aromatic ring is 1. The first-order chi connectivity index (χ1) is 9.72. The van der Waals surface area contributed by atoms with Crippen molar-refractivity contribution in [3.05, 3.63) is 51.5 Å². The van der Waals surface area contributed by atoms with Crippen molar-refractivity contribution in [2.45, 2.75) is 25.7 Å². The van der Waals surface area contributed by atoms with Crippen LogP contribution in [0.25, 0.3) is 0 Å². The summed E-state index contributed by atoms with van der Waals surface area (Å²) in [7, 11) is -3.69. The Kier molecular flexibility index (Phi) is 4.30. The van der Waals surface area contributed by atoms with E-state index in [2.05, 4.69) is 20.7 Å². The molecule has 0 saturated carbocycles. The minimum atomic E-state index is -3.69. The number of sulfonamides is 1. The van der Waals surface area contributed by atoms with Crippen molar-refractivity contribution in [3.8, 4) is 0 Å². The lowest BCUT2D eigenvalue weighted by atomic mass is 10.1. The van der Waals surface area contributed by atoms with Gasteiger partial charge in [-0.2, -0.15) is 0 Å². The van der Waals surface area contributed by atoms with E-state index < -0.39 is 10.0 Å². The lowest BCUT2D eigenvalue weighted by Crippen LogP contribution is -2.16. The molecule has 0 bridgehead atoms. The Balaban J connectivity index is 2.51. The molecule has 2 aromatic rings. The Morgan fingerprint density at radius 1 is 1.10 bits per heavy atom. The van der Waals surface area contributed by atoms with E-state index >= 15 is 0 Å². The summed E-state index contributed by atoms with van der Waals surface area (Å²) in [6, 6.07) is 8.86. The van der Waals surface area contributed by atoms with E-state index in [0.717, 1.165) is 5.56 Å². The maximum atomic E-state index is 12.6.